The summed E-state index contributed by atoms with van der Waals surface area (Å²) in [6.45, 7) is 11.3. The molecule has 0 radical (unpaired) electrons. The number of amidine groups is 2. The SMILES string of the molecule is C=C/C=C\C(=C)/C=C1/C(=N)N2N=CSC2=NC1=O.CC. The van der Waals surface area contributed by atoms with E-state index in [0.717, 1.165) is 0 Å². The van der Waals surface area contributed by atoms with Crippen molar-refractivity contribution in [1.29, 1.82) is 5.41 Å². The highest BCUT2D eigenvalue weighted by molar-refractivity contribution is 8.25. The first-order chi connectivity index (χ1) is 9.63. The molecule has 0 fully saturated rings. The van der Waals surface area contributed by atoms with Gasteiger partial charge in [0, 0.05) is 0 Å². The van der Waals surface area contributed by atoms with Crippen LogP contribution in [0.4, 0.5) is 0 Å². The monoisotopic (exact) mass is 288 g/mol. The van der Waals surface area contributed by atoms with E-state index < -0.39 is 5.91 Å². The first-order valence-corrected chi connectivity index (χ1v) is 6.92. The van der Waals surface area contributed by atoms with Crippen LogP contribution < -0.4 is 0 Å². The topological polar surface area (TPSA) is 68.9 Å². The van der Waals surface area contributed by atoms with E-state index in [1.807, 2.05) is 13.8 Å². The van der Waals surface area contributed by atoms with Crippen molar-refractivity contribution in [2.45, 2.75) is 13.8 Å². The molecule has 1 N–H and O–H groups in total. The lowest BCUT2D eigenvalue weighted by Gasteiger charge is -2.20. The fourth-order valence-electron chi connectivity index (χ4n) is 1.36. The van der Waals surface area contributed by atoms with Crippen molar-refractivity contribution in [2.75, 3.05) is 0 Å². The van der Waals surface area contributed by atoms with Gasteiger partial charge in [0.2, 0.25) is 0 Å². The molecule has 5 nitrogen and oxygen atoms in total. The van der Waals surface area contributed by atoms with Gasteiger partial charge in [0.25, 0.3) is 5.91 Å². The molecule has 1 amide bonds. The van der Waals surface area contributed by atoms with E-state index in [2.05, 4.69) is 23.3 Å². The summed E-state index contributed by atoms with van der Waals surface area (Å²) >= 11 is 1.21. The summed E-state index contributed by atoms with van der Waals surface area (Å²) < 4.78 is 0. The second kappa shape index (κ2) is 7.40. The summed E-state index contributed by atoms with van der Waals surface area (Å²) in [4.78, 5) is 15.6. The van der Waals surface area contributed by atoms with Crippen molar-refractivity contribution >= 4 is 34.2 Å². The van der Waals surface area contributed by atoms with Crippen LogP contribution in [0, 0.1) is 5.41 Å². The van der Waals surface area contributed by atoms with E-state index in [1.165, 1.54) is 28.4 Å². The zero-order chi connectivity index (χ0) is 15.1. The van der Waals surface area contributed by atoms with Gasteiger partial charge in [0.15, 0.2) is 11.0 Å². The molecular weight excluding hydrogens is 272 g/mol. The summed E-state index contributed by atoms with van der Waals surface area (Å²) in [5, 5.41) is 13.6. The first kappa shape index (κ1) is 15.8. The molecule has 0 saturated carbocycles. The molecule has 0 aromatic rings. The normalized spacial score (nSPS) is 18.8. The molecule has 0 aromatic carbocycles. The standard InChI is InChI=1S/C12H10N4OS.C2H6/c1-3-4-5-8(2)6-9-10(13)16-12(15-11(9)17)18-7-14-16;1-2/h3-7,13H,1-2H2;1-2H3/b5-4-,9-6-,13-10?;. The van der Waals surface area contributed by atoms with Gasteiger partial charge >= 0.3 is 0 Å². The van der Waals surface area contributed by atoms with E-state index in [9.17, 15) is 4.79 Å². The molecular formula is C14H16N4OS. The molecule has 0 bridgehead atoms. The quantitative estimate of drug-likeness (QED) is 0.641. The number of carbonyl (C=O) groups excluding carboxylic acids is 1. The number of hydrazone groups is 1. The molecule has 104 valence electrons. The Morgan fingerprint density at radius 1 is 1.50 bits per heavy atom. The van der Waals surface area contributed by atoms with Crippen molar-refractivity contribution in [2.24, 2.45) is 10.1 Å². The summed E-state index contributed by atoms with van der Waals surface area (Å²) in [6, 6.07) is 0. The third-order valence-corrected chi connectivity index (χ3v) is 2.85. The number of amides is 1. The van der Waals surface area contributed by atoms with Crippen LogP contribution in [0.2, 0.25) is 0 Å². The number of aliphatic imine (C=N–C) groups is 1. The smallest absolute Gasteiger partial charge is 0.282 e. The number of fused-ring (bicyclic) bond motifs is 1. The van der Waals surface area contributed by atoms with E-state index in [0.29, 0.717) is 10.7 Å². The average molecular weight is 288 g/mol. The molecule has 0 aromatic heterocycles. The summed E-state index contributed by atoms with van der Waals surface area (Å²) in [5.41, 5.74) is 2.31. The van der Waals surface area contributed by atoms with Crippen molar-refractivity contribution in [3.8, 4) is 0 Å². The number of hydrogen-bond donors (Lipinski definition) is 1. The van der Waals surface area contributed by atoms with Crippen LogP contribution in [-0.4, -0.2) is 27.5 Å². The summed E-state index contributed by atoms with van der Waals surface area (Å²) in [7, 11) is 0. The lowest BCUT2D eigenvalue weighted by molar-refractivity contribution is -0.114. The second-order valence-corrected chi connectivity index (χ2v) is 4.24. The molecule has 20 heavy (non-hydrogen) atoms. The molecule has 2 aliphatic rings. The fourth-order valence-corrected chi connectivity index (χ4v) is 1.97. The number of allylic oxidation sites excluding steroid dienone is 5. The van der Waals surface area contributed by atoms with Crippen LogP contribution in [0.25, 0.3) is 0 Å². The molecule has 6 heteroatoms. The van der Waals surface area contributed by atoms with Crippen LogP contribution in [0.15, 0.2) is 58.7 Å². The molecule has 0 spiro atoms. The molecule has 0 unspecified atom stereocenters. The third kappa shape index (κ3) is 3.42. The Balaban J connectivity index is 0.000000956. The Kier molecular flexibility index (Phi) is 5.86. The summed E-state index contributed by atoms with van der Waals surface area (Å²) in [5.74, 6) is -0.434. The van der Waals surface area contributed by atoms with Crippen molar-refractivity contribution in [3.05, 3.63) is 48.6 Å². The molecule has 0 saturated heterocycles. The van der Waals surface area contributed by atoms with Gasteiger partial charge in [-0.3, -0.25) is 10.2 Å². The molecule has 2 rings (SSSR count). The van der Waals surface area contributed by atoms with Gasteiger partial charge in [-0.2, -0.15) is 15.1 Å². The Morgan fingerprint density at radius 3 is 2.85 bits per heavy atom. The first-order valence-electron chi connectivity index (χ1n) is 6.04. The zero-order valence-electron chi connectivity index (χ0n) is 11.5. The Labute approximate surface area is 122 Å². The number of carbonyl (C=O) groups is 1. The Bertz CT molecular complexity index is 570. The zero-order valence-corrected chi connectivity index (χ0v) is 12.3. The number of nitrogens with zero attached hydrogens (tertiary/aromatic N) is 3. The predicted octanol–water partition coefficient (Wildman–Crippen LogP) is 3.10. The van der Waals surface area contributed by atoms with E-state index in [1.54, 1.807) is 18.2 Å². The molecule has 0 aliphatic carbocycles. The van der Waals surface area contributed by atoms with E-state index in [4.69, 9.17) is 5.41 Å². The minimum absolute atomic E-state index is 0.0133. The highest BCUT2D eigenvalue weighted by Crippen LogP contribution is 2.24. The van der Waals surface area contributed by atoms with Crippen LogP contribution in [0.5, 0.6) is 0 Å². The molecule has 2 aliphatic heterocycles. The number of thioether (sulfide) groups is 1. The van der Waals surface area contributed by atoms with Crippen LogP contribution in [-0.2, 0) is 4.79 Å². The highest BCUT2D eigenvalue weighted by atomic mass is 32.2. The number of hydrogen-bond acceptors (Lipinski definition) is 4. The van der Waals surface area contributed by atoms with Gasteiger partial charge in [-0.1, -0.05) is 45.2 Å². The molecule has 2 heterocycles. The van der Waals surface area contributed by atoms with Crippen molar-refractivity contribution in [1.82, 2.24) is 5.01 Å². The minimum Gasteiger partial charge on any atom is -0.282 e. The average Bonchev–Trinajstić information content (AvgIpc) is 2.91. The lowest BCUT2D eigenvalue weighted by atomic mass is 10.1. The van der Waals surface area contributed by atoms with Gasteiger partial charge in [-0.25, -0.2) is 0 Å². The van der Waals surface area contributed by atoms with Gasteiger partial charge in [-0.15, -0.1) is 0 Å². The number of rotatable bonds is 3. The Morgan fingerprint density at radius 2 is 2.20 bits per heavy atom. The largest absolute Gasteiger partial charge is 0.283 e. The maximum atomic E-state index is 11.8. The molecule has 0 atom stereocenters. The summed E-state index contributed by atoms with van der Waals surface area (Å²) in [6.07, 6.45) is 6.52. The van der Waals surface area contributed by atoms with Gasteiger partial charge in [-0.05, 0) is 23.4 Å². The van der Waals surface area contributed by atoms with E-state index >= 15 is 0 Å². The second-order valence-electron chi connectivity index (χ2n) is 3.43. The van der Waals surface area contributed by atoms with Gasteiger partial charge in [0.05, 0.1) is 11.1 Å². The van der Waals surface area contributed by atoms with Gasteiger partial charge < -0.3 is 0 Å². The van der Waals surface area contributed by atoms with Crippen LogP contribution >= 0.6 is 11.8 Å². The van der Waals surface area contributed by atoms with Crippen LogP contribution in [0.1, 0.15) is 13.8 Å². The minimum atomic E-state index is -0.447. The van der Waals surface area contributed by atoms with Crippen LogP contribution in [0.3, 0.4) is 0 Å². The van der Waals surface area contributed by atoms with E-state index in [-0.39, 0.29) is 11.4 Å². The lowest BCUT2D eigenvalue weighted by Crippen LogP contribution is -2.35. The van der Waals surface area contributed by atoms with Crippen molar-refractivity contribution < 1.29 is 4.79 Å². The maximum absolute atomic E-state index is 11.8. The van der Waals surface area contributed by atoms with Gasteiger partial charge in [0.1, 0.15) is 0 Å². The van der Waals surface area contributed by atoms with Crippen molar-refractivity contribution in [3.63, 3.8) is 0 Å². The maximum Gasteiger partial charge on any atom is 0.283 e. The predicted molar refractivity (Wildman–Crippen MR) is 86.0 cm³/mol. The Hall–Kier alpha value is -2.21. The fraction of sp³-hybridized carbons (Fsp3) is 0.143. The third-order valence-electron chi connectivity index (χ3n) is 2.17. The number of nitrogens with one attached hydrogen (secondary N) is 1. The highest BCUT2D eigenvalue weighted by Gasteiger charge is 2.32.